The van der Waals surface area contributed by atoms with Crippen LogP contribution in [-0.4, -0.2) is 43.7 Å². The van der Waals surface area contributed by atoms with Crippen molar-refractivity contribution < 1.29 is 9.53 Å². The molecule has 0 spiro atoms. The third-order valence-corrected chi connectivity index (χ3v) is 2.41. The highest BCUT2D eigenvalue weighted by Gasteiger charge is 2.17. The van der Waals surface area contributed by atoms with Crippen LogP contribution in [0.4, 0.5) is 0 Å². The number of nitrogens with zero attached hydrogens (tertiary/aromatic N) is 1. The van der Waals surface area contributed by atoms with E-state index in [2.05, 4.69) is 24.2 Å². The molecule has 0 saturated carbocycles. The van der Waals surface area contributed by atoms with Crippen molar-refractivity contribution in [3.8, 4) is 0 Å². The number of nitrogens with two attached hydrogens (primary N) is 1. The molecule has 0 bridgehead atoms. The lowest BCUT2D eigenvalue weighted by Crippen LogP contribution is -2.43. The van der Waals surface area contributed by atoms with Gasteiger partial charge in [0.2, 0.25) is 5.91 Å². The van der Waals surface area contributed by atoms with Gasteiger partial charge >= 0.3 is 0 Å². The van der Waals surface area contributed by atoms with Crippen LogP contribution >= 0.6 is 0 Å². The molecule has 0 heterocycles. The number of carbonyl (C=O) groups is 1. The second-order valence-electron chi connectivity index (χ2n) is 3.99. The van der Waals surface area contributed by atoms with Crippen LogP contribution in [0.2, 0.25) is 0 Å². The molecule has 5 heteroatoms. The maximum absolute atomic E-state index is 11.2. The first-order valence-corrected chi connectivity index (χ1v) is 5.26. The van der Waals surface area contributed by atoms with Crippen LogP contribution in [0.25, 0.3) is 0 Å². The molecule has 1 atom stereocenters. The fourth-order valence-corrected chi connectivity index (χ4v) is 1.35. The van der Waals surface area contributed by atoms with E-state index in [0.29, 0.717) is 19.2 Å². The second kappa shape index (κ2) is 7.62. The zero-order chi connectivity index (χ0) is 11.8. The van der Waals surface area contributed by atoms with Gasteiger partial charge in [-0.2, -0.15) is 0 Å². The molecule has 0 aromatic rings. The summed E-state index contributed by atoms with van der Waals surface area (Å²) < 4.78 is 5.02. The first kappa shape index (κ1) is 14.3. The molecule has 5 nitrogen and oxygen atoms in total. The van der Waals surface area contributed by atoms with E-state index in [0.717, 1.165) is 6.54 Å². The van der Waals surface area contributed by atoms with E-state index >= 15 is 0 Å². The summed E-state index contributed by atoms with van der Waals surface area (Å²) in [6.45, 7) is 8.27. The van der Waals surface area contributed by atoms with Crippen molar-refractivity contribution in [2.24, 2.45) is 11.8 Å². The molecule has 0 saturated heterocycles. The zero-order valence-electron chi connectivity index (χ0n) is 10.1. The van der Waals surface area contributed by atoms with Crippen molar-refractivity contribution in [1.29, 1.82) is 0 Å². The van der Waals surface area contributed by atoms with E-state index in [-0.39, 0.29) is 11.8 Å². The Bertz CT molecular complexity index is 186. The Labute approximate surface area is 91.9 Å². The lowest BCUT2D eigenvalue weighted by atomic mass is 10.1. The van der Waals surface area contributed by atoms with E-state index in [4.69, 9.17) is 10.6 Å². The number of methoxy groups -OCH3 is 1. The summed E-state index contributed by atoms with van der Waals surface area (Å²) in [5.41, 5.74) is 2.17. The van der Waals surface area contributed by atoms with Gasteiger partial charge in [-0.15, -0.1) is 0 Å². The molecular formula is C10H23N3O2. The van der Waals surface area contributed by atoms with E-state index in [1.165, 1.54) is 0 Å². The Morgan fingerprint density at radius 2 is 2.07 bits per heavy atom. The van der Waals surface area contributed by atoms with Crippen LogP contribution in [0.15, 0.2) is 0 Å². The van der Waals surface area contributed by atoms with Crippen LogP contribution in [-0.2, 0) is 9.53 Å². The standard InChI is InChI=1S/C10H23N3O2/c1-8(2)13(5-6-15-4)7-9(3)10(14)12-11/h8-9H,5-7,11H2,1-4H3,(H,12,14). The average Bonchev–Trinajstić information content (AvgIpc) is 2.22. The van der Waals surface area contributed by atoms with Gasteiger partial charge in [-0.05, 0) is 13.8 Å². The number of rotatable bonds is 7. The van der Waals surface area contributed by atoms with Crippen molar-refractivity contribution in [3.63, 3.8) is 0 Å². The molecule has 0 fully saturated rings. The Balaban J connectivity index is 4.09. The molecule has 0 aliphatic carbocycles. The molecule has 3 N–H and O–H groups in total. The average molecular weight is 217 g/mol. The summed E-state index contributed by atoms with van der Waals surface area (Å²) in [6.07, 6.45) is 0. The Morgan fingerprint density at radius 1 is 1.47 bits per heavy atom. The minimum Gasteiger partial charge on any atom is -0.383 e. The second-order valence-corrected chi connectivity index (χ2v) is 3.99. The van der Waals surface area contributed by atoms with Gasteiger partial charge in [-0.3, -0.25) is 15.1 Å². The molecule has 0 aromatic heterocycles. The fraction of sp³-hybridized carbons (Fsp3) is 0.900. The lowest BCUT2D eigenvalue weighted by Gasteiger charge is -2.28. The van der Waals surface area contributed by atoms with E-state index in [1.54, 1.807) is 7.11 Å². The molecule has 0 radical (unpaired) electrons. The summed E-state index contributed by atoms with van der Waals surface area (Å²) >= 11 is 0. The molecule has 15 heavy (non-hydrogen) atoms. The molecule has 0 aromatic carbocycles. The molecule has 1 unspecified atom stereocenters. The van der Waals surface area contributed by atoms with Crippen molar-refractivity contribution in [2.45, 2.75) is 26.8 Å². The highest BCUT2D eigenvalue weighted by molar-refractivity contribution is 5.77. The van der Waals surface area contributed by atoms with E-state index in [1.807, 2.05) is 6.92 Å². The SMILES string of the molecule is COCCN(CC(C)C(=O)NN)C(C)C. The van der Waals surface area contributed by atoms with E-state index < -0.39 is 0 Å². The maximum atomic E-state index is 11.2. The monoisotopic (exact) mass is 217 g/mol. The van der Waals surface area contributed by atoms with Crippen molar-refractivity contribution in [1.82, 2.24) is 10.3 Å². The zero-order valence-corrected chi connectivity index (χ0v) is 10.1. The molecule has 0 rings (SSSR count). The van der Waals surface area contributed by atoms with Crippen LogP contribution in [0.5, 0.6) is 0 Å². The fourth-order valence-electron chi connectivity index (χ4n) is 1.35. The van der Waals surface area contributed by atoms with Crippen LogP contribution in [0.1, 0.15) is 20.8 Å². The van der Waals surface area contributed by atoms with Gasteiger partial charge in [0.1, 0.15) is 0 Å². The third-order valence-electron chi connectivity index (χ3n) is 2.41. The van der Waals surface area contributed by atoms with Gasteiger partial charge in [0.15, 0.2) is 0 Å². The number of hydrazine groups is 1. The van der Waals surface area contributed by atoms with Gasteiger partial charge in [0.25, 0.3) is 0 Å². The number of amides is 1. The van der Waals surface area contributed by atoms with Crippen molar-refractivity contribution in [3.05, 3.63) is 0 Å². The summed E-state index contributed by atoms with van der Waals surface area (Å²) in [6, 6.07) is 0.396. The Kier molecular flexibility index (Phi) is 7.29. The lowest BCUT2D eigenvalue weighted by molar-refractivity contribution is -0.125. The third kappa shape index (κ3) is 5.71. The van der Waals surface area contributed by atoms with Gasteiger partial charge < -0.3 is 4.74 Å². The van der Waals surface area contributed by atoms with Gasteiger partial charge in [-0.1, -0.05) is 6.92 Å². The highest BCUT2D eigenvalue weighted by atomic mass is 16.5. The first-order chi connectivity index (χ1) is 7.02. The quantitative estimate of drug-likeness (QED) is 0.357. The van der Waals surface area contributed by atoms with Crippen molar-refractivity contribution in [2.75, 3.05) is 26.8 Å². The minimum absolute atomic E-state index is 0.103. The number of carbonyl (C=O) groups excluding carboxylic acids is 1. The summed E-state index contributed by atoms with van der Waals surface area (Å²) in [7, 11) is 1.68. The normalized spacial score (nSPS) is 13.3. The largest absolute Gasteiger partial charge is 0.383 e. The molecule has 0 aliphatic rings. The molecule has 90 valence electrons. The number of nitrogens with one attached hydrogen (secondary N) is 1. The highest BCUT2D eigenvalue weighted by Crippen LogP contribution is 2.04. The summed E-state index contributed by atoms with van der Waals surface area (Å²) in [5.74, 6) is 4.85. The Hall–Kier alpha value is -0.650. The minimum atomic E-state index is -0.127. The molecule has 1 amide bonds. The maximum Gasteiger partial charge on any atom is 0.237 e. The summed E-state index contributed by atoms with van der Waals surface area (Å²) in [5, 5.41) is 0. The van der Waals surface area contributed by atoms with Crippen LogP contribution in [0.3, 0.4) is 0 Å². The Morgan fingerprint density at radius 3 is 2.47 bits per heavy atom. The smallest absolute Gasteiger partial charge is 0.237 e. The number of hydrogen-bond acceptors (Lipinski definition) is 4. The van der Waals surface area contributed by atoms with Gasteiger partial charge in [0, 0.05) is 32.2 Å². The van der Waals surface area contributed by atoms with Crippen LogP contribution in [0, 0.1) is 5.92 Å². The van der Waals surface area contributed by atoms with Crippen LogP contribution < -0.4 is 11.3 Å². The van der Waals surface area contributed by atoms with Gasteiger partial charge in [-0.25, -0.2) is 5.84 Å². The predicted octanol–water partition coefficient (Wildman–Crippen LogP) is -0.0308. The van der Waals surface area contributed by atoms with Crippen molar-refractivity contribution >= 4 is 5.91 Å². The number of hydrogen-bond donors (Lipinski definition) is 2. The number of ether oxygens (including phenoxy) is 1. The van der Waals surface area contributed by atoms with E-state index in [9.17, 15) is 4.79 Å². The summed E-state index contributed by atoms with van der Waals surface area (Å²) in [4.78, 5) is 13.4. The predicted molar refractivity (Wildman–Crippen MR) is 60.1 cm³/mol. The molecule has 0 aliphatic heterocycles. The molecular weight excluding hydrogens is 194 g/mol. The first-order valence-electron chi connectivity index (χ1n) is 5.26. The topological polar surface area (TPSA) is 67.6 Å². The van der Waals surface area contributed by atoms with Gasteiger partial charge in [0.05, 0.1) is 6.61 Å².